The van der Waals surface area contributed by atoms with Crippen molar-refractivity contribution in [2.75, 3.05) is 13.1 Å². The third kappa shape index (κ3) is 2.49. The molecule has 4 nitrogen and oxygen atoms in total. The van der Waals surface area contributed by atoms with E-state index in [9.17, 15) is 9.59 Å². The van der Waals surface area contributed by atoms with Crippen LogP contribution in [0.15, 0.2) is 0 Å². The Morgan fingerprint density at radius 3 is 2.58 bits per heavy atom. The highest BCUT2D eigenvalue weighted by Gasteiger charge is 2.47. The van der Waals surface area contributed by atoms with E-state index < -0.39 is 5.54 Å². The molecule has 1 N–H and O–H groups in total. The summed E-state index contributed by atoms with van der Waals surface area (Å²) in [5.74, 6) is 1.53. The van der Waals surface area contributed by atoms with E-state index in [1.807, 2.05) is 4.90 Å². The molecule has 2 aliphatic carbocycles. The lowest BCUT2D eigenvalue weighted by Crippen LogP contribution is -2.67. The molecule has 2 amide bonds. The molecule has 0 aromatic rings. The number of carbonyl (C=O) groups excluding carboxylic acids is 2. The molecule has 106 valence electrons. The summed E-state index contributed by atoms with van der Waals surface area (Å²) in [6, 6.07) is 0. The molecule has 19 heavy (non-hydrogen) atoms. The summed E-state index contributed by atoms with van der Waals surface area (Å²) < 4.78 is 0. The van der Waals surface area contributed by atoms with E-state index >= 15 is 0 Å². The highest BCUT2D eigenvalue weighted by molar-refractivity contribution is 5.98. The van der Waals surface area contributed by atoms with E-state index in [0.29, 0.717) is 5.92 Å². The standard InChI is InChI=1S/C15H24N2O2/c1-11(12-5-6-12)9-17-10-13(18)16-15(14(17)19)7-3-2-4-8-15/h11-12H,2-10H2,1H3,(H,16,18). The van der Waals surface area contributed by atoms with Gasteiger partial charge < -0.3 is 10.2 Å². The van der Waals surface area contributed by atoms with Crippen molar-refractivity contribution in [3.63, 3.8) is 0 Å². The summed E-state index contributed by atoms with van der Waals surface area (Å²) in [5.41, 5.74) is -0.559. The predicted octanol–water partition coefficient (Wildman–Crippen LogP) is 1.69. The molecule has 0 aromatic carbocycles. The maximum Gasteiger partial charge on any atom is 0.248 e. The zero-order chi connectivity index (χ0) is 13.5. The normalized spacial score (nSPS) is 28.4. The minimum atomic E-state index is -0.559. The number of rotatable bonds is 3. The second kappa shape index (κ2) is 4.80. The minimum Gasteiger partial charge on any atom is -0.340 e. The predicted molar refractivity (Wildman–Crippen MR) is 72.4 cm³/mol. The van der Waals surface area contributed by atoms with Crippen molar-refractivity contribution < 1.29 is 9.59 Å². The molecule has 1 unspecified atom stereocenters. The van der Waals surface area contributed by atoms with Crippen LogP contribution in [0.4, 0.5) is 0 Å². The van der Waals surface area contributed by atoms with Crippen molar-refractivity contribution in [3.05, 3.63) is 0 Å². The van der Waals surface area contributed by atoms with E-state index in [4.69, 9.17) is 0 Å². The Balaban J connectivity index is 1.72. The molecule has 0 radical (unpaired) electrons. The maximum atomic E-state index is 12.7. The second-order valence-corrected chi connectivity index (χ2v) is 6.69. The van der Waals surface area contributed by atoms with Crippen molar-refractivity contribution >= 4 is 11.8 Å². The molecule has 3 rings (SSSR count). The molecule has 1 saturated heterocycles. The summed E-state index contributed by atoms with van der Waals surface area (Å²) in [7, 11) is 0. The molecule has 1 atom stereocenters. The van der Waals surface area contributed by atoms with Crippen molar-refractivity contribution in [2.45, 2.75) is 57.4 Å². The molecular weight excluding hydrogens is 240 g/mol. The van der Waals surface area contributed by atoms with Gasteiger partial charge in [-0.15, -0.1) is 0 Å². The lowest BCUT2D eigenvalue weighted by molar-refractivity contribution is -0.152. The van der Waals surface area contributed by atoms with Gasteiger partial charge in [-0.1, -0.05) is 26.2 Å². The molecule has 0 aromatic heterocycles. The summed E-state index contributed by atoms with van der Waals surface area (Å²) in [6.07, 6.45) is 7.53. The quantitative estimate of drug-likeness (QED) is 0.843. The summed E-state index contributed by atoms with van der Waals surface area (Å²) in [6.45, 7) is 3.24. The van der Waals surface area contributed by atoms with Crippen LogP contribution in [-0.2, 0) is 9.59 Å². The van der Waals surface area contributed by atoms with Crippen molar-refractivity contribution in [3.8, 4) is 0 Å². The number of piperazine rings is 1. The van der Waals surface area contributed by atoms with Gasteiger partial charge in [0.05, 0.1) is 6.54 Å². The lowest BCUT2D eigenvalue weighted by atomic mass is 9.79. The van der Waals surface area contributed by atoms with Gasteiger partial charge in [-0.3, -0.25) is 9.59 Å². The van der Waals surface area contributed by atoms with Gasteiger partial charge in [-0.25, -0.2) is 0 Å². The lowest BCUT2D eigenvalue weighted by Gasteiger charge is -2.44. The van der Waals surface area contributed by atoms with E-state index in [0.717, 1.165) is 38.1 Å². The van der Waals surface area contributed by atoms with Crippen LogP contribution in [0.2, 0.25) is 0 Å². The van der Waals surface area contributed by atoms with E-state index in [2.05, 4.69) is 12.2 Å². The van der Waals surface area contributed by atoms with E-state index in [1.165, 1.54) is 19.3 Å². The second-order valence-electron chi connectivity index (χ2n) is 6.69. The Morgan fingerprint density at radius 1 is 1.26 bits per heavy atom. The fraction of sp³-hybridized carbons (Fsp3) is 0.867. The van der Waals surface area contributed by atoms with Crippen LogP contribution in [-0.4, -0.2) is 35.3 Å². The number of nitrogens with zero attached hydrogens (tertiary/aromatic N) is 1. The third-order valence-corrected chi connectivity index (χ3v) is 5.05. The summed E-state index contributed by atoms with van der Waals surface area (Å²) >= 11 is 0. The number of amides is 2. The van der Waals surface area contributed by atoms with Gasteiger partial charge in [0, 0.05) is 6.54 Å². The van der Waals surface area contributed by atoms with Crippen LogP contribution in [0.25, 0.3) is 0 Å². The summed E-state index contributed by atoms with van der Waals surface area (Å²) in [4.78, 5) is 26.5. The Kier molecular flexibility index (Phi) is 3.27. The first-order valence-electron chi connectivity index (χ1n) is 7.71. The van der Waals surface area contributed by atoms with Crippen molar-refractivity contribution in [1.29, 1.82) is 0 Å². The fourth-order valence-corrected chi connectivity index (χ4v) is 3.71. The van der Waals surface area contributed by atoms with Crippen LogP contribution in [0.5, 0.6) is 0 Å². The first-order chi connectivity index (χ1) is 9.11. The van der Waals surface area contributed by atoms with Crippen LogP contribution >= 0.6 is 0 Å². The average Bonchev–Trinajstić information content (AvgIpc) is 3.21. The topological polar surface area (TPSA) is 49.4 Å². The van der Waals surface area contributed by atoms with Crippen LogP contribution in [0, 0.1) is 11.8 Å². The smallest absolute Gasteiger partial charge is 0.248 e. The Labute approximate surface area is 114 Å². The monoisotopic (exact) mass is 264 g/mol. The largest absolute Gasteiger partial charge is 0.340 e. The molecule has 1 aliphatic heterocycles. The van der Waals surface area contributed by atoms with E-state index in [1.54, 1.807) is 0 Å². The molecular formula is C15H24N2O2. The molecule has 4 heteroatoms. The highest BCUT2D eigenvalue weighted by atomic mass is 16.2. The minimum absolute atomic E-state index is 0.0319. The maximum absolute atomic E-state index is 12.7. The third-order valence-electron chi connectivity index (χ3n) is 5.05. The molecule has 0 bridgehead atoms. The molecule has 1 heterocycles. The van der Waals surface area contributed by atoms with Gasteiger partial charge in [0.15, 0.2) is 0 Å². The zero-order valence-electron chi connectivity index (χ0n) is 11.8. The fourth-order valence-electron chi connectivity index (χ4n) is 3.71. The van der Waals surface area contributed by atoms with Crippen LogP contribution < -0.4 is 5.32 Å². The molecule has 1 spiro atoms. The van der Waals surface area contributed by atoms with Gasteiger partial charge in [0.25, 0.3) is 0 Å². The summed E-state index contributed by atoms with van der Waals surface area (Å²) in [5, 5.41) is 3.00. The van der Waals surface area contributed by atoms with Crippen molar-refractivity contribution in [2.24, 2.45) is 11.8 Å². The Morgan fingerprint density at radius 2 is 1.95 bits per heavy atom. The van der Waals surface area contributed by atoms with Crippen LogP contribution in [0.1, 0.15) is 51.9 Å². The molecule has 3 fully saturated rings. The van der Waals surface area contributed by atoms with Gasteiger partial charge in [0.1, 0.15) is 5.54 Å². The number of nitrogens with one attached hydrogen (secondary N) is 1. The van der Waals surface area contributed by atoms with Crippen molar-refractivity contribution in [1.82, 2.24) is 10.2 Å². The van der Waals surface area contributed by atoms with Gasteiger partial charge in [0.2, 0.25) is 11.8 Å². The Bertz CT molecular complexity index is 384. The van der Waals surface area contributed by atoms with Crippen LogP contribution in [0.3, 0.4) is 0 Å². The highest BCUT2D eigenvalue weighted by Crippen LogP contribution is 2.38. The van der Waals surface area contributed by atoms with Gasteiger partial charge >= 0.3 is 0 Å². The number of hydrogen-bond acceptors (Lipinski definition) is 2. The Hall–Kier alpha value is -1.06. The van der Waals surface area contributed by atoms with Gasteiger partial charge in [-0.2, -0.15) is 0 Å². The first-order valence-corrected chi connectivity index (χ1v) is 7.71. The van der Waals surface area contributed by atoms with Gasteiger partial charge in [-0.05, 0) is 37.5 Å². The first kappa shape index (κ1) is 12.9. The number of hydrogen-bond donors (Lipinski definition) is 1. The SMILES string of the molecule is CC(CN1CC(=O)NC2(CCCCC2)C1=O)C1CC1. The molecule has 2 saturated carbocycles. The number of carbonyl (C=O) groups is 2. The average molecular weight is 264 g/mol. The molecule has 3 aliphatic rings. The van der Waals surface area contributed by atoms with E-state index in [-0.39, 0.29) is 18.4 Å². The zero-order valence-corrected chi connectivity index (χ0v) is 11.8.